The Morgan fingerprint density at radius 2 is 1.93 bits per heavy atom. The number of benzene rings is 1. The van der Waals surface area contributed by atoms with Crippen molar-refractivity contribution in [2.45, 2.75) is 6.18 Å². The fourth-order valence-electron chi connectivity index (χ4n) is 2.35. The minimum Gasteiger partial charge on any atom is -0.619 e. The van der Waals surface area contributed by atoms with Crippen LogP contribution in [-0.4, -0.2) is 20.3 Å². The Labute approximate surface area is 147 Å². The average Bonchev–Trinajstić information content (AvgIpc) is 3.05. The summed E-state index contributed by atoms with van der Waals surface area (Å²) in [5, 5.41) is 44.9. The van der Waals surface area contributed by atoms with Crippen molar-refractivity contribution in [3.8, 4) is 34.1 Å². The van der Waals surface area contributed by atoms with Crippen LogP contribution in [0.15, 0.2) is 41.2 Å². The second-order valence-electron chi connectivity index (χ2n) is 5.33. The number of nitro groups is 1. The number of alkyl halides is 3. The number of nitrogens with zero attached hydrogens (tertiary/aromatic N) is 3. The summed E-state index contributed by atoms with van der Waals surface area (Å²) in [4.78, 5) is 9.95. The van der Waals surface area contributed by atoms with Gasteiger partial charge in [-0.05, 0) is 6.07 Å². The number of hydrogen-bond donors (Lipinski definition) is 2. The van der Waals surface area contributed by atoms with Crippen LogP contribution in [0.1, 0.15) is 5.56 Å². The first kappa shape index (κ1) is 18.0. The van der Waals surface area contributed by atoms with Gasteiger partial charge in [0.2, 0.25) is 5.75 Å². The molecule has 12 heteroatoms. The molecule has 2 aromatic heterocycles. The molecule has 0 amide bonds. The summed E-state index contributed by atoms with van der Waals surface area (Å²) in [6, 6.07) is 3.37. The lowest BCUT2D eigenvalue weighted by Gasteiger charge is -2.09. The third kappa shape index (κ3) is 3.31. The number of aromatic nitrogens is 2. The van der Waals surface area contributed by atoms with Gasteiger partial charge in [-0.25, -0.2) is 0 Å². The number of phenolic OH excluding ortho intramolecular Hbond substituents is 2. The Kier molecular flexibility index (Phi) is 4.10. The van der Waals surface area contributed by atoms with E-state index in [-0.39, 0.29) is 16.0 Å². The topological polar surface area (TPSA) is 137 Å². The van der Waals surface area contributed by atoms with Crippen LogP contribution >= 0.6 is 0 Å². The second kappa shape index (κ2) is 6.16. The molecule has 27 heavy (non-hydrogen) atoms. The van der Waals surface area contributed by atoms with Gasteiger partial charge in [0.1, 0.15) is 5.69 Å². The molecule has 0 saturated heterocycles. The highest BCUT2D eigenvalue weighted by molar-refractivity contribution is 5.73. The van der Waals surface area contributed by atoms with Gasteiger partial charge in [-0.1, -0.05) is 5.16 Å². The van der Waals surface area contributed by atoms with Gasteiger partial charge >= 0.3 is 11.9 Å². The number of pyridine rings is 1. The smallest absolute Gasteiger partial charge is 0.417 e. The minimum absolute atomic E-state index is 0.0912. The number of nitro benzene ring substituents is 1. The standard InChI is InChI=1S/C15H8F3N3O6/c16-15(17,18)9-1-2-20(24)6-8(9)13-5-10(19-27-13)7-3-11(21(25)26)14(23)12(22)4-7/h1-6,22-23H. The normalized spacial score (nSPS) is 11.5. The Bertz CT molecular complexity index is 1050. The monoisotopic (exact) mass is 383 g/mol. The van der Waals surface area contributed by atoms with Gasteiger partial charge in [0.15, 0.2) is 23.9 Å². The number of phenols is 2. The predicted molar refractivity (Wildman–Crippen MR) is 81.3 cm³/mol. The van der Waals surface area contributed by atoms with Gasteiger partial charge in [-0.15, -0.1) is 0 Å². The lowest BCUT2D eigenvalue weighted by atomic mass is 10.1. The van der Waals surface area contributed by atoms with E-state index < -0.39 is 45.2 Å². The summed E-state index contributed by atoms with van der Waals surface area (Å²) in [5.41, 5.74) is -2.81. The first-order chi connectivity index (χ1) is 12.6. The molecule has 9 nitrogen and oxygen atoms in total. The van der Waals surface area contributed by atoms with E-state index >= 15 is 0 Å². The van der Waals surface area contributed by atoms with Crippen molar-refractivity contribution in [2.24, 2.45) is 0 Å². The van der Waals surface area contributed by atoms with Crippen molar-refractivity contribution in [3.63, 3.8) is 0 Å². The van der Waals surface area contributed by atoms with Crippen LogP contribution < -0.4 is 4.73 Å². The fourth-order valence-corrected chi connectivity index (χ4v) is 2.35. The van der Waals surface area contributed by atoms with Crippen molar-refractivity contribution in [3.05, 3.63) is 57.5 Å². The maximum atomic E-state index is 13.1. The van der Waals surface area contributed by atoms with Crippen molar-refractivity contribution in [2.75, 3.05) is 0 Å². The molecule has 2 N–H and O–H groups in total. The summed E-state index contributed by atoms with van der Waals surface area (Å²) in [5.74, 6) is -2.21. The molecule has 0 radical (unpaired) electrons. The van der Waals surface area contributed by atoms with Crippen LogP contribution in [0.5, 0.6) is 11.5 Å². The molecule has 0 aliphatic rings. The van der Waals surface area contributed by atoms with Gasteiger partial charge < -0.3 is 19.9 Å². The molecule has 0 aliphatic heterocycles. The summed E-state index contributed by atoms with van der Waals surface area (Å²) in [7, 11) is 0. The lowest BCUT2D eigenvalue weighted by Crippen LogP contribution is -2.26. The SMILES string of the molecule is O=[N+]([O-])c1cc(-c2cc(-c3c[n+]([O-])ccc3C(F)(F)F)on2)cc(O)c1O. The third-order valence-electron chi connectivity index (χ3n) is 3.58. The fraction of sp³-hybridized carbons (Fsp3) is 0.0667. The third-order valence-corrected chi connectivity index (χ3v) is 3.58. The molecule has 140 valence electrons. The first-order valence-electron chi connectivity index (χ1n) is 7.05. The Morgan fingerprint density at radius 3 is 2.56 bits per heavy atom. The molecule has 0 fully saturated rings. The predicted octanol–water partition coefficient (Wildman–Crippen LogP) is 2.98. The lowest BCUT2D eigenvalue weighted by molar-refractivity contribution is -0.605. The molecule has 1 aromatic carbocycles. The van der Waals surface area contributed by atoms with E-state index in [4.69, 9.17) is 4.52 Å². The van der Waals surface area contributed by atoms with Crippen LogP contribution in [0.4, 0.5) is 18.9 Å². The largest absolute Gasteiger partial charge is 0.619 e. The van der Waals surface area contributed by atoms with Crippen LogP contribution in [0.2, 0.25) is 0 Å². The summed E-state index contributed by atoms with van der Waals surface area (Å²) >= 11 is 0. The zero-order chi connectivity index (χ0) is 19.9. The number of halogens is 3. The van der Waals surface area contributed by atoms with Gasteiger partial charge in [0.25, 0.3) is 0 Å². The summed E-state index contributed by atoms with van der Waals surface area (Å²) in [6.07, 6.45) is -3.46. The van der Waals surface area contributed by atoms with E-state index in [1.54, 1.807) is 0 Å². The maximum Gasteiger partial charge on any atom is 0.417 e. The van der Waals surface area contributed by atoms with Crippen molar-refractivity contribution < 1.29 is 37.6 Å². The van der Waals surface area contributed by atoms with Gasteiger partial charge in [-0.3, -0.25) is 10.1 Å². The van der Waals surface area contributed by atoms with E-state index in [1.165, 1.54) is 0 Å². The Morgan fingerprint density at radius 1 is 1.22 bits per heavy atom. The summed E-state index contributed by atoms with van der Waals surface area (Å²) < 4.78 is 44.4. The van der Waals surface area contributed by atoms with Crippen LogP contribution in [0, 0.1) is 15.3 Å². The van der Waals surface area contributed by atoms with Crippen molar-refractivity contribution in [1.29, 1.82) is 0 Å². The van der Waals surface area contributed by atoms with Crippen LogP contribution in [-0.2, 0) is 6.18 Å². The molecule has 0 unspecified atom stereocenters. The molecule has 0 spiro atoms. The molecule has 0 bridgehead atoms. The Balaban J connectivity index is 2.12. The highest BCUT2D eigenvalue weighted by atomic mass is 19.4. The maximum absolute atomic E-state index is 13.1. The van der Waals surface area contributed by atoms with E-state index in [0.717, 1.165) is 18.2 Å². The number of hydrogen-bond acceptors (Lipinski definition) is 7. The molecule has 0 saturated carbocycles. The van der Waals surface area contributed by atoms with E-state index in [1.807, 2.05) is 0 Å². The molecular formula is C15H8F3N3O6. The van der Waals surface area contributed by atoms with Crippen LogP contribution in [0.25, 0.3) is 22.6 Å². The first-order valence-corrected chi connectivity index (χ1v) is 7.05. The second-order valence-corrected chi connectivity index (χ2v) is 5.33. The minimum atomic E-state index is -4.77. The number of aromatic hydroxyl groups is 2. The number of rotatable bonds is 3. The highest BCUT2D eigenvalue weighted by Gasteiger charge is 2.36. The molecule has 3 aromatic rings. The molecular weight excluding hydrogens is 375 g/mol. The zero-order valence-electron chi connectivity index (χ0n) is 13.0. The zero-order valence-corrected chi connectivity index (χ0v) is 13.0. The molecule has 2 heterocycles. The van der Waals surface area contributed by atoms with E-state index in [0.29, 0.717) is 18.5 Å². The van der Waals surface area contributed by atoms with Gasteiger partial charge in [0, 0.05) is 23.8 Å². The van der Waals surface area contributed by atoms with E-state index in [9.17, 15) is 38.7 Å². The quantitative estimate of drug-likeness (QED) is 0.233. The molecule has 0 aliphatic carbocycles. The van der Waals surface area contributed by atoms with Crippen LogP contribution in [0.3, 0.4) is 0 Å². The van der Waals surface area contributed by atoms with Gasteiger partial charge in [0.05, 0.1) is 16.1 Å². The average molecular weight is 383 g/mol. The molecule has 3 rings (SSSR count). The summed E-state index contributed by atoms with van der Waals surface area (Å²) in [6.45, 7) is 0. The Hall–Kier alpha value is -3.83. The van der Waals surface area contributed by atoms with Crippen molar-refractivity contribution >= 4 is 5.69 Å². The molecule has 0 atom stereocenters. The van der Waals surface area contributed by atoms with Crippen molar-refractivity contribution in [1.82, 2.24) is 5.16 Å². The highest BCUT2D eigenvalue weighted by Crippen LogP contribution is 2.41. The van der Waals surface area contributed by atoms with E-state index in [2.05, 4.69) is 5.16 Å². The van der Waals surface area contributed by atoms with Gasteiger partial charge in [-0.2, -0.15) is 17.9 Å².